The van der Waals surface area contributed by atoms with Gasteiger partial charge in [0.1, 0.15) is 12.6 Å². The first kappa shape index (κ1) is 16.0. The van der Waals surface area contributed by atoms with E-state index in [9.17, 15) is 14.4 Å². The van der Waals surface area contributed by atoms with Crippen LogP contribution in [0.5, 0.6) is 0 Å². The Bertz CT molecular complexity index is 571. The van der Waals surface area contributed by atoms with Gasteiger partial charge >= 0.3 is 6.03 Å². The van der Waals surface area contributed by atoms with Gasteiger partial charge in [-0.3, -0.25) is 14.5 Å². The zero-order valence-corrected chi connectivity index (χ0v) is 13.1. The second kappa shape index (κ2) is 6.60. The van der Waals surface area contributed by atoms with Gasteiger partial charge in [-0.05, 0) is 11.5 Å². The number of carbonyl (C=O) groups excluding carboxylic acids is 3. The first-order valence-electron chi connectivity index (χ1n) is 7.30. The number of likely N-dealkylation sites (N-methyl/N-ethyl adjacent to an activating group) is 1. The van der Waals surface area contributed by atoms with E-state index in [-0.39, 0.29) is 24.3 Å². The molecule has 1 aromatic carbocycles. The molecule has 1 unspecified atom stereocenters. The van der Waals surface area contributed by atoms with E-state index >= 15 is 0 Å². The van der Waals surface area contributed by atoms with Crippen molar-refractivity contribution in [3.63, 3.8) is 0 Å². The number of nitrogens with zero attached hydrogens (tertiary/aromatic N) is 2. The van der Waals surface area contributed by atoms with Gasteiger partial charge in [0.25, 0.3) is 5.91 Å². The Hall–Kier alpha value is -2.37. The largest absolute Gasteiger partial charge is 0.340 e. The molecule has 1 atom stereocenters. The maximum absolute atomic E-state index is 12.2. The molecule has 1 aliphatic rings. The van der Waals surface area contributed by atoms with Crippen molar-refractivity contribution in [2.75, 3.05) is 13.6 Å². The second-order valence-electron chi connectivity index (χ2n) is 5.83. The number of hydrogen-bond acceptors (Lipinski definition) is 3. The summed E-state index contributed by atoms with van der Waals surface area (Å²) in [7, 11) is 1.66. The lowest BCUT2D eigenvalue weighted by atomic mass is 10.1. The van der Waals surface area contributed by atoms with E-state index < -0.39 is 12.1 Å². The molecular formula is C16H21N3O3. The van der Waals surface area contributed by atoms with Crippen LogP contribution in [0.4, 0.5) is 4.79 Å². The summed E-state index contributed by atoms with van der Waals surface area (Å²) in [5.41, 5.74) is 0.996. The Morgan fingerprint density at radius 1 is 1.27 bits per heavy atom. The molecule has 6 nitrogen and oxygen atoms in total. The second-order valence-corrected chi connectivity index (χ2v) is 5.83. The maximum Gasteiger partial charge on any atom is 0.325 e. The van der Waals surface area contributed by atoms with E-state index in [1.807, 2.05) is 44.2 Å². The number of hydrogen-bond donors (Lipinski definition) is 1. The summed E-state index contributed by atoms with van der Waals surface area (Å²) in [6, 6.07) is 8.52. The molecule has 22 heavy (non-hydrogen) atoms. The maximum atomic E-state index is 12.2. The minimum absolute atomic E-state index is 0.00130. The van der Waals surface area contributed by atoms with Crippen molar-refractivity contribution in [2.45, 2.75) is 26.4 Å². The predicted octanol–water partition coefficient (Wildman–Crippen LogP) is 1.22. The molecule has 0 radical (unpaired) electrons. The van der Waals surface area contributed by atoms with E-state index in [1.54, 1.807) is 7.05 Å². The highest BCUT2D eigenvalue weighted by atomic mass is 16.2. The van der Waals surface area contributed by atoms with Crippen molar-refractivity contribution >= 4 is 17.8 Å². The third-order valence-corrected chi connectivity index (χ3v) is 3.70. The molecule has 1 aromatic rings. The van der Waals surface area contributed by atoms with Crippen LogP contribution in [0.2, 0.25) is 0 Å². The van der Waals surface area contributed by atoms with Crippen molar-refractivity contribution in [1.29, 1.82) is 0 Å². The quantitative estimate of drug-likeness (QED) is 0.832. The van der Waals surface area contributed by atoms with Gasteiger partial charge in [-0.25, -0.2) is 4.79 Å². The topological polar surface area (TPSA) is 69.7 Å². The fourth-order valence-electron chi connectivity index (χ4n) is 2.34. The van der Waals surface area contributed by atoms with Gasteiger partial charge in [-0.1, -0.05) is 44.2 Å². The molecule has 1 saturated heterocycles. The summed E-state index contributed by atoms with van der Waals surface area (Å²) in [5, 5.41) is 2.61. The minimum atomic E-state index is -0.542. The van der Waals surface area contributed by atoms with Crippen molar-refractivity contribution in [3.05, 3.63) is 35.9 Å². The molecule has 118 valence electrons. The van der Waals surface area contributed by atoms with Gasteiger partial charge in [-0.2, -0.15) is 0 Å². The minimum Gasteiger partial charge on any atom is -0.340 e. The normalized spacial score (nSPS) is 17.8. The Kier molecular flexibility index (Phi) is 4.80. The first-order chi connectivity index (χ1) is 10.4. The van der Waals surface area contributed by atoms with Gasteiger partial charge < -0.3 is 10.2 Å². The third-order valence-electron chi connectivity index (χ3n) is 3.70. The average Bonchev–Trinajstić information content (AvgIpc) is 2.76. The smallest absolute Gasteiger partial charge is 0.325 e. The Balaban J connectivity index is 1.97. The number of urea groups is 1. The van der Waals surface area contributed by atoms with E-state index in [1.165, 1.54) is 4.90 Å². The predicted molar refractivity (Wildman–Crippen MR) is 81.8 cm³/mol. The van der Waals surface area contributed by atoms with Gasteiger partial charge in [0.2, 0.25) is 5.91 Å². The summed E-state index contributed by atoms with van der Waals surface area (Å²) in [6.45, 7) is 3.93. The molecule has 6 heteroatoms. The van der Waals surface area contributed by atoms with Gasteiger partial charge in [0.05, 0.1) is 0 Å². The Morgan fingerprint density at radius 2 is 1.91 bits per heavy atom. The molecule has 1 heterocycles. The van der Waals surface area contributed by atoms with Crippen LogP contribution in [-0.4, -0.2) is 47.3 Å². The highest BCUT2D eigenvalue weighted by Crippen LogP contribution is 2.14. The van der Waals surface area contributed by atoms with Crippen molar-refractivity contribution in [2.24, 2.45) is 5.92 Å². The average molecular weight is 303 g/mol. The molecule has 0 aliphatic carbocycles. The fourth-order valence-corrected chi connectivity index (χ4v) is 2.34. The zero-order chi connectivity index (χ0) is 16.3. The molecule has 0 spiro atoms. The number of carbonyl (C=O) groups is 3. The van der Waals surface area contributed by atoms with Crippen LogP contribution in [0.1, 0.15) is 19.4 Å². The van der Waals surface area contributed by atoms with Gasteiger partial charge in [-0.15, -0.1) is 0 Å². The van der Waals surface area contributed by atoms with E-state index in [0.717, 1.165) is 10.5 Å². The lowest BCUT2D eigenvalue weighted by Crippen LogP contribution is -2.42. The first-order valence-corrected chi connectivity index (χ1v) is 7.30. The van der Waals surface area contributed by atoms with Gasteiger partial charge in [0, 0.05) is 13.6 Å². The zero-order valence-electron chi connectivity index (χ0n) is 13.1. The highest BCUT2D eigenvalue weighted by Gasteiger charge is 2.40. The molecule has 0 saturated carbocycles. The molecular weight excluding hydrogens is 282 g/mol. The number of imide groups is 1. The highest BCUT2D eigenvalue weighted by molar-refractivity contribution is 6.06. The molecule has 0 bridgehead atoms. The molecule has 0 aromatic heterocycles. The van der Waals surface area contributed by atoms with Crippen molar-refractivity contribution in [1.82, 2.24) is 15.1 Å². The lowest BCUT2D eigenvalue weighted by Gasteiger charge is -2.20. The van der Waals surface area contributed by atoms with Crippen LogP contribution < -0.4 is 5.32 Å². The monoisotopic (exact) mass is 303 g/mol. The van der Waals surface area contributed by atoms with Crippen molar-refractivity contribution in [3.8, 4) is 0 Å². The van der Waals surface area contributed by atoms with Crippen LogP contribution in [0.15, 0.2) is 30.3 Å². The van der Waals surface area contributed by atoms with E-state index in [2.05, 4.69) is 5.32 Å². The number of nitrogens with one attached hydrogen (secondary N) is 1. The SMILES string of the molecule is CC(C)C1NC(=O)N(CC(=O)N(C)Cc2ccccc2)C1=O. The molecule has 1 fully saturated rings. The fraction of sp³-hybridized carbons (Fsp3) is 0.438. The summed E-state index contributed by atoms with van der Waals surface area (Å²) >= 11 is 0. The molecule has 2 rings (SSSR count). The third kappa shape index (κ3) is 3.44. The number of amides is 4. The summed E-state index contributed by atoms with van der Waals surface area (Å²) in [6.07, 6.45) is 0. The number of rotatable bonds is 5. The molecule has 1 N–H and O–H groups in total. The van der Waals surface area contributed by atoms with E-state index in [4.69, 9.17) is 0 Å². The summed E-state index contributed by atoms with van der Waals surface area (Å²) in [4.78, 5) is 38.7. The van der Waals surface area contributed by atoms with Crippen LogP contribution in [0.25, 0.3) is 0 Å². The van der Waals surface area contributed by atoms with E-state index in [0.29, 0.717) is 6.54 Å². The Labute approximate surface area is 130 Å². The van der Waals surface area contributed by atoms with Crippen LogP contribution in [0.3, 0.4) is 0 Å². The van der Waals surface area contributed by atoms with Crippen LogP contribution in [-0.2, 0) is 16.1 Å². The lowest BCUT2D eigenvalue weighted by molar-refractivity contribution is -0.137. The molecule has 1 aliphatic heterocycles. The molecule has 4 amide bonds. The van der Waals surface area contributed by atoms with Gasteiger partial charge in [0.15, 0.2) is 0 Å². The van der Waals surface area contributed by atoms with Crippen LogP contribution in [0, 0.1) is 5.92 Å². The summed E-state index contributed by atoms with van der Waals surface area (Å²) < 4.78 is 0. The standard InChI is InChI=1S/C16H21N3O3/c1-11(2)14-15(21)19(16(22)17-14)10-13(20)18(3)9-12-7-5-4-6-8-12/h4-8,11,14H,9-10H2,1-3H3,(H,17,22). The van der Waals surface area contributed by atoms with Crippen molar-refractivity contribution < 1.29 is 14.4 Å². The van der Waals surface area contributed by atoms with Crippen LogP contribution >= 0.6 is 0 Å². The Morgan fingerprint density at radius 3 is 2.45 bits per heavy atom. The number of benzene rings is 1. The summed E-state index contributed by atoms with van der Waals surface area (Å²) in [5.74, 6) is -0.600.